The van der Waals surface area contributed by atoms with E-state index in [1.54, 1.807) is 0 Å². The second-order valence-corrected chi connectivity index (χ2v) is 2.98. The van der Waals surface area contributed by atoms with Crippen LogP contribution in [0.15, 0.2) is 0 Å². The van der Waals surface area contributed by atoms with Gasteiger partial charge in [-0.05, 0) is 19.8 Å². The van der Waals surface area contributed by atoms with E-state index in [0.29, 0.717) is 5.92 Å². The molecule has 0 aliphatic carbocycles. The molecule has 0 atom stereocenters. The molecule has 0 aromatic carbocycles. The summed E-state index contributed by atoms with van der Waals surface area (Å²) in [7, 11) is 0. The fourth-order valence-electron chi connectivity index (χ4n) is 0. The van der Waals surface area contributed by atoms with Gasteiger partial charge in [0.15, 0.2) is 0 Å². The highest BCUT2D eigenvalue weighted by Crippen LogP contribution is 2.09. The Morgan fingerprint density at radius 2 is 1.38 bits per heavy atom. The highest BCUT2D eigenvalue weighted by atomic mass is 14.7. The summed E-state index contributed by atoms with van der Waals surface area (Å²) in [4.78, 5) is 0. The van der Waals surface area contributed by atoms with Crippen LogP contribution in [-0.2, 0) is 0 Å². The van der Waals surface area contributed by atoms with Crippen LogP contribution in [0.5, 0.6) is 0 Å². The van der Waals surface area contributed by atoms with Gasteiger partial charge in [0.25, 0.3) is 0 Å². The average molecular weight is 118 g/mol. The zero-order valence-electron chi connectivity index (χ0n) is 6.36. The lowest BCUT2D eigenvalue weighted by Crippen LogP contribution is -2.37. The van der Waals surface area contributed by atoms with Crippen molar-refractivity contribution in [3.8, 4) is 0 Å². The Balaban J connectivity index is 0. The molecule has 0 saturated heterocycles. The van der Waals surface area contributed by atoms with Gasteiger partial charge in [0, 0.05) is 5.54 Å². The van der Waals surface area contributed by atoms with Crippen molar-refractivity contribution < 1.29 is 0 Å². The van der Waals surface area contributed by atoms with Crippen molar-refractivity contribution in [1.29, 1.82) is 0 Å². The summed E-state index contributed by atoms with van der Waals surface area (Å²) in [5.41, 5.74) is 5.68. The number of hydrogen-bond donors (Lipinski definition) is 2. The third kappa shape index (κ3) is 4.09. The first-order valence-electron chi connectivity index (χ1n) is 2.73. The molecule has 8 heavy (non-hydrogen) atoms. The fraction of sp³-hybridized carbons (Fsp3) is 1.00. The third-order valence-electron chi connectivity index (χ3n) is 1.49. The summed E-state index contributed by atoms with van der Waals surface area (Å²) < 4.78 is 0. The number of hydrogen-bond acceptors (Lipinski definition) is 2. The summed E-state index contributed by atoms with van der Waals surface area (Å²) >= 11 is 0. The number of nitrogens with two attached hydrogens (primary N) is 1. The Kier molecular flexibility index (Phi) is 4.12. The van der Waals surface area contributed by atoms with Gasteiger partial charge in [-0.3, -0.25) is 0 Å². The second-order valence-electron chi connectivity index (χ2n) is 2.98. The van der Waals surface area contributed by atoms with Gasteiger partial charge in [-0.25, -0.2) is 0 Å². The molecule has 0 amide bonds. The van der Waals surface area contributed by atoms with Crippen LogP contribution in [0.3, 0.4) is 0 Å². The van der Waals surface area contributed by atoms with Gasteiger partial charge in [0.05, 0.1) is 0 Å². The predicted molar refractivity (Wildman–Crippen MR) is 38.1 cm³/mol. The predicted octanol–water partition coefficient (Wildman–Crippen LogP) is 1.54. The van der Waals surface area contributed by atoms with E-state index < -0.39 is 0 Å². The molecule has 0 rings (SSSR count). The molecule has 0 fully saturated rings. The smallest absolute Gasteiger partial charge is 0.0120 e. The first kappa shape index (κ1) is 10.8. The Hall–Kier alpha value is -0.0800. The van der Waals surface area contributed by atoms with Crippen LogP contribution in [0.25, 0.3) is 0 Å². The van der Waals surface area contributed by atoms with Gasteiger partial charge in [0.2, 0.25) is 0 Å². The van der Waals surface area contributed by atoms with E-state index in [4.69, 9.17) is 5.73 Å². The maximum atomic E-state index is 5.68. The molecular weight excluding hydrogens is 100 g/mol. The van der Waals surface area contributed by atoms with E-state index in [1.165, 1.54) is 0 Å². The van der Waals surface area contributed by atoms with Gasteiger partial charge in [0.1, 0.15) is 0 Å². The standard InChI is InChI=1S/C6H15N.H3N/c1-5(2)6(3,4)7;/h5H,7H2,1-4H3;1H3. The van der Waals surface area contributed by atoms with E-state index in [9.17, 15) is 0 Å². The molecule has 0 bridgehead atoms. The summed E-state index contributed by atoms with van der Waals surface area (Å²) in [6.07, 6.45) is 0. The third-order valence-corrected chi connectivity index (χ3v) is 1.49. The summed E-state index contributed by atoms with van der Waals surface area (Å²) in [6.45, 7) is 8.33. The molecule has 0 radical (unpaired) electrons. The summed E-state index contributed by atoms with van der Waals surface area (Å²) in [6, 6.07) is 0. The van der Waals surface area contributed by atoms with E-state index in [2.05, 4.69) is 13.8 Å². The average Bonchev–Trinajstić information content (AvgIpc) is 1.31. The Morgan fingerprint density at radius 1 is 1.25 bits per heavy atom. The van der Waals surface area contributed by atoms with Gasteiger partial charge in [-0.1, -0.05) is 13.8 Å². The van der Waals surface area contributed by atoms with E-state index in [1.807, 2.05) is 13.8 Å². The van der Waals surface area contributed by atoms with E-state index in [-0.39, 0.29) is 11.7 Å². The van der Waals surface area contributed by atoms with Gasteiger partial charge in [-0.2, -0.15) is 0 Å². The van der Waals surface area contributed by atoms with Gasteiger partial charge >= 0.3 is 0 Å². The van der Waals surface area contributed by atoms with Crippen LogP contribution in [0.4, 0.5) is 0 Å². The lowest BCUT2D eigenvalue weighted by atomic mass is 9.92. The molecule has 52 valence electrons. The zero-order chi connectivity index (χ0) is 6.08. The SMILES string of the molecule is CC(C)C(C)(C)N.N. The highest BCUT2D eigenvalue weighted by Gasteiger charge is 2.14. The van der Waals surface area contributed by atoms with Crippen molar-refractivity contribution in [2.45, 2.75) is 33.2 Å². The first-order chi connectivity index (χ1) is 2.94. The highest BCUT2D eigenvalue weighted by molar-refractivity contribution is 4.74. The summed E-state index contributed by atoms with van der Waals surface area (Å²) in [5.74, 6) is 0.576. The molecule has 0 aliphatic rings. The quantitative estimate of drug-likeness (QED) is 0.548. The van der Waals surface area contributed by atoms with Crippen molar-refractivity contribution >= 4 is 0 Å². The molecule has 2 heteroatoms. The second kappa shape index (κ2) is 3.05. The van der Waals surface area contributed by atoms with Crippen LogP contribution in [-0.4, -0.2) is 5.54 Å². The van der Waals surface area contributed by atoms with Gasteiger partial charge in [-0.15, -0.1) is 0 Å². The number of rotatable bonds is 1. The van der Waals surface area contributed by atoms with E-state index in [0.717, 1.165) is 0 Å². The molecule has 0 spiro atoms. The Bertz CT molecular complexity index is 52.0. The molecule has 0 heterocycles. The van der Waals surface area contributed by atoms with Crippen LogP contribution in [0.2, 0.25) is 0 Å². The lowest BCUT2D eigenvalue weighted by molar-refractivity contribution is 0.373. The van der Waals surface area contributed by atoms with Crippen LogP contribution in [0.1, 0.15) is 27.7 Å². The first-order valence-corrected chi connectivity index (χ1v) is 2.73. The topological polar surface area (TPSA) is 61.0 Å². The molecule has 5 N–H and O–H groups in total. The molecule has 0 unspecified atom stereocenters. The van der Waals surface area contributed by atoms with Crippen molar-refractivity contribution in [3.63, 3.8) is 0 Å². The molecule has 0 aliphatic heterocycles. The summed E-state index contributed by atoms with van der Waals surface area (Å²) in [5, 5.41) is 0. The molecular formula is C6H18N2. The van der Waals surface area contributed by atoms with Crippen molar-refractivity contribution in [3.05, 3.63) is 0 Å². The maximum absolute atomic E-state index is 5.68. The van der Waals surface area contributed by atoms with Crippen molar-refractivity contribution in [2.75, 3.05) is 0 Å². The lowest BCUT2D eigenvalue weighted by Gasteiger charge is -2.22. The zero-order valence-corrected chi connectivity index (χ0v) is 6.36. The monoisotopic (exact) mass is 118 g/mol. The fourth-order valence-corrected chi connectivity index (χ4v) is 0. The van der Waals surface area contributed by atoms with Crippen LogP contribution < -0.4 is 11.9 Å². The van der Waals surface area contributed by atoms with Crippen LogP contribution >= 0.6 is 0 Å². The molecule has 2 nitrogen and oxygen atoms in total. The minimum absolute atomic E-state index is 0. The van der Waals surface area contributed by atoms with Crippen molar-refractivity contribution in [1.82, 2.24) is 6.15 Å². The molecule has 0 aromatic heterocycles. The van der Waals surface area contributed by atoms with E-state index >= 15 is 0 Å². The minimum atomic E-state index is 0. The normalized spacial score (nSPS) is 11.2. The van der Waals surface area contributed by atoms with Crippen molar-refractivity contribution in [2.24, 2.45) is 11.7 Å². The maximum Gasteiger partial charge on any atom is 0.0120 e. The largest absolute Gasteiger partial charge is 0.344 e. The molecule has 0 saturated carbocycles. The Labute approximate surface area is 52.0 Å². The van der Waals surface area contributed by atoms with Crippen LogP contribution in [0, 0.1) is 5.92 Å². The Morgan fingerprint density at radius 3 is 1.38 bits per heavy atom. The van der Waals surface area contributed by atoms with Gasteiger partial charge < -0.3 is 11.9 Å². The minimum Gasteiger partial charge on any atom is -0.344 e. The molecule has 0 aromatic rings.